The molecule has 2 atom stereocenters. The lowest BCUT2D eigenvalue weighted by Crippen LogP contribution is -2.39. The Labute approximate surface area is 180 Å². The second-order valence-corrected chi connectivity index (χ2v) is 9.20. The highest BCUT2D eigenvalue weighted by Gasteiger charge is 2.25. The summed E-state index contributed by atoms with van der Waals surface area (Å²) in [5.74, 6) is 2.06. The van der Waals surface area contributed by atoms with Gasteiger partial charge in [-0.25, -0.2) is 9.78 Å². The van der Waals surface area contributed by atoms with Crippen molar-refractivity contribution < 1.29 is 0 Å². The van der Waals surface area contributed by atoms with E-state index < -0.39 is 0 Å². The fourth-order valence-electron chi connectivity index (χ4n) is 4.68. The summed E-state index contributed by atoms with van der Waals surface area (Å²) in [6.45, 7) is 7.71. The Bertz CT molecular complexity index is 1180. The molecule has 3 aromatic rings. The van der Waals surface area contributed by atoms with Gasteiger partial charge in [0.15, 0.2) is 11.2 Å². The van der Waals surface area contributed by atoms with Gasteiger partial charge in [-0.05, 0) is 36.0 Å². The van der Waals surface area contributed by atoms with E-state index in [1.54, 1.807) is 7.05 Å². The molecule has 1 aliphatic heterocycles. The molecule has 8 heteroatoms. The lowest BCUT2D eigenvalue weighted by Gasteiger charge is -2.34. The van der Waals surface area contributed by atoms with Crippen molar-refractivity contribution in [2.45, 2.75) is 33.4 Å². The largest absolute Gasteiger partial charge is 0.332 e. The van der Waals surface area contributed by atoms with Crippen molar-refractivity contribution in [3.05, 3.63) is 61.5 Å². The first-order valence-corrected chi connectivity index (χ1v) is 10.7. The Morgan fingerprint density at radius 1 is 1.00 bits per heavy atom. The number of piperidine rings is 1. The molecule has 0 bridgehead atoms. The monoisotopic (exact) mass is 429 g/mol. The second kappa shape index (κ2) is 8.04. The van der Waals surface area contributed by atoms with Gasteiger partial charge in [-0.2, -0.15) is 0 Å². The molecule has 30 heavy (non-hydrogen) atoms. The molecule has 1 aromatic carbocycles. The van der Waals surface area contributed by atoms with Crippen molar-refractivity contribution in [1.29, 1.82) is 0 Å². The van der Waals surface area contributed by atoms with Gasteiger partial charge in [0.1, 0.15) is 5.82 Å². The van der Waals surface area contributed by atoms with Crippen LogP contribution in [0.1, 0.15) is 31.7 Å². The van der Waals surface area contributed by atoms with Crippen molar-refractivity contribution in [3.63, 3.8) is 0 Å². The standard InChI is InChI=1S/C22H28ClN5O2/c1-14-9-15(2)11-27(10-14)13-18-24-20-19(21(29)26(4)22(30)25(20)3)28(18)12-16-5-7-17(23)8-6-16/h5-8,14-15H,9-13H2,1-4H3/t14-,15-/m0/s1. The smallest absolute Gasteiger partial charge is 0.317 e. The van der Waals surface area contributed by atoms with Gasteiger partial charge >= 0.3 is 5.69 Å². The number of hydrogen-bond donors (Lipinski definition) is 0. The zero-order chi connectivity index (χ0) is 21.6. The summed E-state index contributed by atoms with van der Waals surface area (Å²) in [7, 11) is 3.18. The number of fused-ring (bicyclic) bond motifs is 1. The number of halogens is 1. The molecule has 1 aliphatic rings. The number of rotatable bonds is 4. The molecule has 2 aromatic heterocycles. The van der Waals surface area contributed by atoms with Gasteiger partial charge in [0.2, 0.25) is 0 Å². The van der Waals surface area contributed by atoms with Gasteiger partial charge < -0.3 is 4.57 Å². The lowest BCUT2D eigenvalue weighted by atomic mass is 9.92. The second-order valence-electron chi connectivity index (χ2n) is 8.76. The molecular weight excluding hydrogens is 402 g/mol. The van der Waals surface area contributed by atoms with E-state index in [1.165, 1.54) is 18.0 Å². The third-order valence-electron chi connectivity index (χ3n) is 5.99. The molecule has 0 unspecified atom stereocenters. The zero-order valence-electron chi connectivity index (χ0n) is 17.9. The molecule has 4 rings (SSSR count). The van der Waals surface area contributed by atoms with Crippen LogP contribution in [-0.4, -0.2) is 36.7 Å². The predicted octanol–water partition coefficient (Wildman–Crippen LogP) is 2.61. The number of nitrogens with zero attached hydrogens (tertiary/aromatic N) is 5. The van der Waals surface area contributed by atoms with E-state index in [4.69, 9.17) is 16.6 Å². The van der Waals surface area contributed by atoms with Crippen LogP contribution in [0.15, 0.2) is 33.9 Å². The Morgan fingerprint density at radius 2 is 1.63 bits per heavy atom. The van der Waals surface area contributed by atoms with E-state index in [0.29, 0.717) is 41.1 Å². The summed E-state index contributed by atoms with van der Waals surface area (Å²) >= 11 is 6.04. The maximum Gasteiger partial charge on any atom is 0.332 e. The van der Waals surface area contributed by atoms with Gasteiger partial charge in [-0.1, -0.05) is 37.6 Å². The Kier molecular flexibility index (Phi) is 5.59. The Hall–Kier alpha value is -2.38. The topological polar surface area (TPSA) is 65.1 Å². The zero-order valence-corrected chi connectivity index (χ0v) is 18.7. The summed E-state index contributed by atoms with van der Waals surface area (Å²) in [4.78, 5) is 32.7. The van der Waals surface area contributed by atoms with E-state index in [1.807, 2.05) is 28.8 Å². The highest BCUT2D eigenvalue weighted by Crippen LogP contribution is 2.24. The molecule has 0 amide bonds. The van der Waals surface area contributed by atoms with Crippen LogP contribution < -0.4 is 11.2 Å². The molecule has 3 heterocycles. The van der Waals surface area contributed by atoms with Gasteiger partial charge in [-0.15, -0.1) is 0 Å². The average Bonchev–Trinajstić information content (AvgIpc) is 3.03. The molecule has 0 N–H and O–H groups in total. The van der Waals surface area contributed by atoms with E-state index >= 15 is 0 Å². The minimum atomic E-state index is -0.365. The molecule has 1 saturated heterocycles. The van der Waals surface area contributed by atoms with E-state index in [2.05, 4.69) is 18.7 Å². The number of aryl methyl sites for hydroxylation is 1. The number of aromatic nitrogens is 4. The lowest BCUT2D eigenvalue weighted by molar-refractivity contribution is 0.130. The molecule has 1 fully saturated rings. The van der Waals surface area contributed by atoms with Crippen molar-refractivity contribution >= 4 is 22.8 Å². The van der Waals surface area contributed by atoms with Crippen LogP contribution in [0.3, 0.4) is 0 Å². The molecule has 7 nitrogen and oxygen atoms in total. The summed E-state index contributed by atoms with van der Waals surface area (Å²) in [6.07, 6.45) is 1.23. The first kappa shape index (κ1) is 20.9. The van der Waals surface area contributed by atoms with E-state index in [9.17, 15) is 9.59 Å². The molecule has 160 valence electrons. The normalized spacial score (nSPS) is 20.2. The first-order chi connectivity index (χ1) is 14.2. The SMILES string of the molecule is C[C@H]1C[C@H](C)CN(Cc2nc3c(c(=O)n(C)c(=O)n3C)n2Cc2ccc(Cl)cc2)C1. The Balaban J connectivity index is 1.84. The summed E-state index contributed by atoms with van der Waals surface area (Å²) in [5, 5.41) is 0.670. The first-order valence-electron chi connectivity index (χ1n) is 10.4. The fourth-order valence-corrected chi connectivity index (χ4v) is 4.80. The minimum Gasteiger partial charge on any atom is -0.317 e. The summed E-state index contributed by atoms with van der Waals surface area (Å²) in [6, 6.07) is 7.60. The molecule has 0 radical (unpaired) electrons. The minimum absolute atomic E-state index is 0.318. The third-order valence-corrected chi connectivity index (χ3v) is 6.24. The summed E-state index contributed by atoms with van der Waals surface area (Å²) in [5.41, 5.74) is 1.24. The van der Waals surface area contributed by atoms with Gasteiger partial charge in [0.05, 0.1) is 6.54 Å². The van der Waals surface area contributed by atoms with Crippen LogP contribution in [0.2, 0.25) is 5.02 Å². The van der Waals surface area contributed by atoms with Crippen LogP contribution in [0.25, 0.3) is 11.2 Å². The van der Waals surface area contributed by atoms with Crippen molar-refractivity contribution in [2.24, 2.45) is 25.9 Å². The van der Waals surface area contributed by atoms with Crippen molar-refractivity contribution in [2.75, 3.05) is 13.1 Å². The number of hydrogen-bond acceptors (Lipinski definition) is 4. The third kappa shape index (κ3) is 3.84. The van der Waals surface area contributed by atoms with Gasteiger partial charge in [-0.3, -0.25) is 18.8 Å². The van der Waals surface area contributed by atoms with Crippen LogP contribution in [0.5, 0.6) is 0 Å². The van der Waals surface area contributed by atoms with Gasteiger partial charge in [0, 0.05) is 38.8 Å². The van der Waals surface area contributed by atoms with Crippen LogP contribution in [-0.2, 0) is 27.2 Å². The van der Waals surface area contributed by atoms with Crippen LogP contribution in [0, 0.1) is 11.8 Å². The van der Waals surface area contributed by atoms with Gasteiger partial charge in [0.25, 0.3) is 5.56 Å². The maximum absolute atomic E-state index is 13.0. The predicted molar refractivity (Wildman–Crippen MR) is 119 cm³/mol. The fraction of sp³-hybridized carbons (Fsp3) is 0.500. The molecule has 0 saturated carbocycles. The van der Waals surface area contributed by atoms with E-state index in [-0.39, 0.29) is 11.2 Å². The summed E-state index contributed by atoms with van der Waals surface area (Å²) < 4.78 is 4.57. The molecule has 0 aliphatic carbocycles. The average molecular weight is 430 g/mol. The van der Waals surface area contributed by atoms with Crippen molar-refractivity contribution in [3.8, 4) is 0 Å². The molecule has 0 spiro atoms. The van der Waals surface area contributed by atoms with E-state index in [0.717, 1.165) is 29.0 Å². The maximum atomic E-state index is 13.0. The highest BCUT2D eigenvalue weighted by molar-refractivity contribution is 6.30. The molecular formula is C22H28ClN5O2. The highest BCUT2D eigenvalue weighted by atomic mass is 35.5. The number of likely N-dealkylation sites (tertiary alicyclic amines) is 1. The number of benzene rings is 1. The van der Waals surface area contributed by atoms with Crippen LogP contribution in [0.4, 0.5) is 0 Å². The van der Waals surface area contributed by atoms with Crippen LogP contribution >= 0.6 is 11.6 Å². The number of imidazole rings is 1. The quantitative estimate of drug-likeness (QED) is 0.639. The Morgan fingerprint density at radius 3 is 2.27 bits per heavy atom. The van der Waals surface area contributed by atoms with Crippen molar-refractivity contribution in [1.82, 2.24) is 23.6 Å².